The quantitative estimate of drug-likeness (QED) is 0.512. The van der Waals surface area contributed by atoms with E-state index in [1.54, 1.807) is 18.7 Å². The Hall–Kier alpha value is -1.62. The number of nitrogens with two attached hydrogens (primary N) is 1. The summed E-state index contributed by atoms with van der Waals surface area (Å²) >= 11 is 3.49. The summed E-state index contributed by atoms with van der Waals surface area (Å²) < 4.78 is 2.89. The van der Waals surface area contributed by atoms with E-state index in [4.69, 9.17) is 5.84 Å². The molecule has 2 aromatic rings. The lowest BCUT2D eigenvalue weighted by Gasteiger charge is -2.05. The van der Waals surface area contributed by atoms with Gasteiger partial charge in [0.05, 0.1) is 18.2 Å². The Balaban J connectivity index is 2.43. The molecule has 0 fully saturated rings. The summed E-state index contributed by atoms with van der Waals surface area (Å²) in [5.74, 6) is 5.08. The first-order valence-electron chi connectivity index (χ1n) is 4.32. The summed E-state index contributed by atoms with van der Waals surface area (Å²) in [4.78, 5) is 3.99. The summed E-state index contributed by atoms with van der Waals surface area (Å²) in [6.45, 7) is 0. The fraction of sp³-hybridized carbons (Fsp3) is 0. The van der Waals surface area contributed by atoms with Crippen LogP contribution in [0.5, 0.6) is 0 Å². The normalized spacial score (nSPS) is 11.0. The average Bonchev–Trinajstić information content (AvgIpc) is 2.71. The van der Waals surface area contributed by atoms with Gasteiger partial charge in [-0.25, -0.2) is 4.98 Å². The molecule has 4 nitrogen and oxygen atoms in total. The van der Waals surface area contributed by atoms with Crippen LogP contribution in [-0.4, -0.2) is 15.8 Å². The summed E-state index contributed by atoms with van der Waals surface area (Å²) in [5.41, 5.74) is 1.98. The lowest BCUT2D eigenvalue weighted by molar-refractivity contribution is 1.05. The highest BCUT2D eigenvalue weighted by atomic mass is 79.9. The van der Waals surface area contributed by atoms with E-state index in [0.29, 0.717) is 0 Å². The highest BCUT2D eigenvalue weighted by molar-refractivity contribution is 9.10. The minimum absolute atomic E-state index is 0.952. The fourth-order valence-electron chi connectivity index (χ4n) is 1.30. The van der Waals surface area contributed by atoms with Crippen molar-refractivity contribution >= 4 is 22.1 Å². The predicted molar refractivity (Wildman–Crippen MR) is 63.0 cm³/mol. The summed E-state index contributed by atoms with van der Waals surface area (Å²) in [6.07, 6.45) is 6.97. The molecule has 0 radical (unpaired) electrons. The monoisotopic (exact) mass is 264 g/mol. The maximum atomic E-state index is 5.08. The molecule has 0 atom stereocenters. The molecular weight excluding hydrogens is 256 g/mol. The van der Waals surface area contributed by atoms with Gasteiger partial charge in [0.1, 0.15) is 0 Å². The number of rotatable bonds is 2. The van der Waals surface area contributed by atoms with E-state index >= 15 is 0 Å². The third-order valence-corrected chi connectivity index (χ3v) is 2.61. The highest BCUT2D eigenvalue weighted by Crippen LogP contribution is 2.21. The molecule has 0 bridgehead atoms. The average molecular weight is 265 g/mol. The number of aromatic nitrogens is 2. The molecule has 0 saturated carbocycles. The molecule has 76 valence electrons. The minimum atomic E-state index is 0.952. The molecule has 0 unspecified atom stereocenters. The molecule has 2 rings (SSSR count). The molecule has 0 spiro atoms. The van der Waals surface area contributed by atoms with Gasteiger partial charge in [-0.1, -0.05) is 6.07 Å². The van der Waals surface area contributed by atoms with Gasteiger partial charge in [0.2, 0.25) is 0 Å². The van der Waals surface area contributed by atoms with Gasteiger partial charge in [0.25, 0.3) is 0 Å². The first kappa shape index (κ1) is 9.92. The van der Waals surface area contributed by atoms with Crippen molar-refractivity contribution in [3.8, 4) is 5.69 Å². The van der Waals surface area contributed by atoms with Crippen molar-refractivity contribution in [3.63, 3.8) is 0 Å². The molecule has 2 N–H and O–H groups in total. The standard InChI is InChI=1S/C10H9BrN4/c11-9-5-8(6-14-12)1-2-10(9)15-4-3-13-7-15/h1-7H,12H2. The van der Waals surface area contributed by atoms with Crippen molar-refractivity contribution in [2.75, 3.05) is 0 Å². The lowest BCUT2D eigenvalue weighted by atomic mass is 10.2. The van der Waals surface area contributed by atoms with E-state index in [0.717, 1.165) is 15.7 Å². The van der Waals surface area contributed by atoms with Crippen LogP contribution in [0.1, 0.15) is 5.56 Å². The van der Waals surface area contributed by atoms with E-state index in [2.05, 4.69) is 26.0 Å². The summed E-state index contributed by atoms with van der Waals surface area (Å²) in [7, 11) is 0. The topological polar surface area (TPSA) is 56.2 Å². The molecule has 5 heteroatoms. The van der Waals surface area contributed by atoms with Gasteiger partial charge >= 0.3 is 0 Å². The number of benzene rings is 1. The van der Waals surface area contributed by atoms with Crippen LogP contribution in [0.2, 0.25) is 0 Å². The van der Waals surface area contributed by atoms with Crippen LogP contribution in [-0.2, 0) is 0 Å². The number of halogens is 1. The zero-order chi connectivity index (χ0) is 10.7. The van der Waals surface area contributed by atoms with Gasteiger partial charge in [-0.15, -0.1) is 0 Å². The van der Waals surface area contributed by atoms with Gasteiger partial charge in [-0.2, -0.15) is 5.10 Å². The maximum Gasteiger partial charge on any atom is 0.0992 e. The smallest absolute Gasteiger partial charge is 0.0992 e. The van der Waals surface area contributed by atoms with Gasteiger partial charge < -0.3 is 10.4 Å². The third kappa shape index (κ3) is 2.07. The molecule has 1 aromatic heterocycles. The molecule has 0 saturated heterocycles. The predicted octanol–water partition coefficient (Wildman–Crippen LogP) is 1.93. The second kappa shape index (κ2) is 4.27. The first-order valence-corrected chi connectivity index (χ1v) is 5.11. The Morgan fingerprint density at radius 1 is 1.47 bits per heavy atom. The lowest BCUT2D eigenvalue weighted by Crippen LogP contribution is -1.93. The van der Waals surface area contributed by atoms with Crippen molar-refractivity contribution in [2.45, 2.75) is 0 Å². The number of nitrogens with zero attached hydrogens (tertiary/aromatic N) is 3. The third-order valence-electron chi connectivity index (χ3n) is 1.98. The van der Waals surface area contributed by atoms with Crippen LogP contribution in [0, 0.1) is 0 Å². The van der Waals surface area contributed by atoms with Crippen LogP contribution in [0.3, 0.4) is 0 Å². The van der Waals surface area contributed by atoms with Crippen molar-refractivity contribution in [2.24, 2.45) is 10.9 Å². The second-order valence-electron chi connectivity index (χ2n) is 2.96. The number of hydrazone groups is 1. The van der Waals surface area contributed by atoms with E-state index in [9.17, 15) is 0 Å². The summed E-state index contributed by atoms with van der Waals surface area (Å²) in [6, 6.07) is 5.87. The molecule has 1 aromatic carbocycles. The van der Waals surface area contributed by atoms with Crippen molar-refractivity contribution in [1.29, 1.82) is 0 Å². The summed E-state index contributed by atoms with van der Waals surface area (Å²) in [5, 5.41) is 3.47. The Labute approximate surface area is 95.6 Å². The van der Waals surface area contributed by atoms with Crippen LogP contribution in [0.15, 0.2) is 46.5 Å². The fourth-order valence-corrected chi connectivity index (χ4v) is 1.90. The van der Waals surface area contributed by atoms with Gasteiger partial charge in [0.15, 0.2) is 0 Å². The SMILES string of the molecule is NN=Cc1ccc(-n2ccnc2)c(Br)c1. The Kier molecular flexibility index (Phi) is 2.82. The van der Waals surface area contributed by atoms with E-state index in [1.165, 1.54) is 0 Å². The zero-order valence-electron chi connectivity index (χ0n) is 7.84. The Bertz CT molecular complexity index is 476. The van der Waals surface area contributed by atoms with Crippen molar-refractivity contribution in [1.82, 2.24) is 9.55 Å². The maximum absolute atomic E-state index is 5.08. The molecule has 0 aliphatic rings. The van der Waals surface area contributed by atoms with Crippen LogP contribution < -0.4 is 5.84 Å². The Morgan fingerprint density at radius 2 is 2.33 bits per heavy atom. The van der Waals surface area contributed by atoms with E-state index < -0.39 is 0 Å². The van der Waals surface area contributed by atoms with Crippen molar-refractivity contribution in [3.05, 3.63) is 47.0 Å². The Morgan fingerprint density at radius 3 is 2.93 bits per heavy atom. The number of hydrogen-bond acceptors (Lipinski definition) is 3. The van der Waals surface area contributed by atoms with E-state index in [1.807, 2.05) is 29.0 Å². The van der Waals surface area contributed by atoms with Crippen LogP contribution in [0.4, 0.5) is 0 Å². The molecule has 0 amide bonds. The van der Waals surface area contributed by atoms with Crippen LogP contribution >= 0.6 is 15.9 Å². The first-order chi connectivity index (χ1) is 7.31. The second-order valence-corrected chi connectivity index (χ2v) is 3.81. The van der Waals surface area contributed by atoms with E-state index in [-0.39, 0.29) is 0 Å². The molecule has 0 aliphatic carbocycles. The number of hydrogen-bond donors (Lipinski definition) is 1. The largest absolute Gasteiger partial charge is 0.323 e. The van der Waals surface area contributed by atoms with Gasteiger partial charge in [0, 0.05) is 16.9 Å². The molecule has 0 aliphatic heterocycles. The number of imidazole rings is 1. The van der Waals surface area contributed by atoms with Crippen molar-refractivity contribution < 1.29 is 0 Å². The highest BCUT2D eigenvalue weighted by Gasteiger charge is 2.01. The molecule has 1 heterocycles. The van der Waals surface area contributed by atoms with Gasteiger partial charge in [-0.3, -0.25) is 0 Å². The van der Waals surface area contributed by atoms with Crippen LogP contribution in [0.25, 0.3) is 5.69 Å². The molecular formula is C10H9BrN4. The minimum Gasteiger partial charge on any atom is -0.323 e. The molecule has 15 heavy (non-hydrogen) atoms. The zero-order valence-corrected chi connectivity index (χ0v) is 9.42. The van der Waals surface area contributed by atoms with Gasteiger partial charge in [-0.05, 0) is 33.6 Å².